The minimum atomic E-state index is 0.0111. The van der Waals surface area contributed by atoms with Gasteiger partial charge in [0.2, 0.25) is 5.91 Å². The molecule has 6 heteroatoms. The summed E-state index contributed by atoms with van der Waals surface area (Å²) in [6, 6.07) is 0. The van der Waals surface area contributed by atoms with Crippen LogP contribution < -0.4 is 5.32 Å². The van der Waals surface area contributed by atoms with Gasteiger partial charge in [0.25, 0.3) is 0 Å². The number of thiocarbonyl (C=S) groups is 1. The molecule has 1 N–H and O–H groups in total. The minimum Gasteiger partial charge on any atom is -0.368 e. The van der Waals surface area contributed by atoms with Crippen LogP contribution in [0.25, 0.3) is 0 Å². The average Bonchev–Trinajstić information content (AvgIpc) is 2.42. The molecule has 1 atom stereocenters. The summed E-state index contributed by atoms with van der Waals surface area (Å²) in [5.74, 6) is 1.11. The second-order valence-corrected chi connectivity index (χ2v) is 6.87. The molecule has 1 aliphatic heterocycles. The Labute approximate surface area is 132 Å². The van der Waals surface area contributed by atoms with Gasteiger partial charge in [-0.15, -0.1) is 11.8 Å². The molecule has 1 fully saturated rings. The molecule has 1 rings (SSSR count). The van der Waals surface area contributed by atoms with Crippen molar-refractivity contribution in [3.63, 3.8) is 0 Å². The Bertz CT molecular complexity index is 308. The van der Waals surface area contributed by atoms with Crippen molar-refractivity contribution < 1.29 is 9.53 Å². The fraction of sp³-hybridized carbons (Fsp3) is 0.857. The van der Waals surface area contributed by atoms with Crippen molar-refractivity contribution in [1.29, 1.82) is 0 Å². The number of nitrogens with one attached hydrogen (secondary N) is 1. The summed E-state index contributed by atoms with van der Waals surface area (Å²) >= 11 is 7.17. The van der Waals surface area contributed by atoms with Crippen LogP contribution in [0.2, 0.25) is 0 Å². The van der Waals surface area contributed by atoms with Gasteiger partial charge in [0.05, 0.1) is 4.99 Å². The van der Waals surface area contributed by atoms with Gasteiger partial charge in [-0.25, -0.2) is 0 Å². The molecule has 20 heavy (non-hydrogen) atoms. The monoisotopic (exact) mass is 318 g/mol. The summed E-state index contributed by atoms with van der Waals surface area (Å²) < 4.78 is 5.70. The molecular weight excluding hydrogens is 292 g/mol. The first-order valence-corrected chi connectivity index (χ1v) is 8.78. The Morgan fingerprint density at radius 2 is 2.20 bits per heavy atom. The molecule has 1 heterocycles. The molecule has 0 bridgehead atoms. The quantitative estimate of drug-likeness (QED) is 0.550. The van der Waals surface area contributed by atoms with Crippen LogP contribution in [0.1, 0.15) is 39.5 Å². The van der Waals surface area contributed by atoms with E-state index in [1.807, 2.05) is 18.7 Å². The van der Waals surface area contributed by atoms with Gasteiger partial charge in [0, 0.05) is 33.2 Å². The zero-order valence-corrected chi connectivity index (χ0v) is 14.2. The number of hydrogen-bond acceptors (Lipinski definition) is 4. The molecular formula is C14H26N2O2S2. The highest BCUT2D eigenvalue weighted by molar-refractivity contribution is 7.99. The Morgan fingerprint density at radius 3 is 2.80 bits per heavy atom. The van der Waals surface area contributed by atoms with Crippen molar-refractivity contribution in [3.8, 4) is 0 Å². The van der Waals surface area contributed by atoms with E-state index in [9.17, 15) is 4.79 Å². The lowest BCUT2D eigenvalue weighted by Gasteiger charge is -2.25. The van der Waals surface area contributed by atoms with Gasteiger partial charge < -0.3 is 15.0 Å². The normalized spacial score (nSPS) is 18.6. The molecule has 1 unspecified atom stereocenters. The van der Waals surface area contributed by atoms with E-state index in [-0.39, 0.29) is 5.91 Å². The van der Waals surface area contributed by atoms with Crippen molar-refractivity contribution in [3.05, 3.63) is 0 Å². The largest absolute Gasteiger partial charge is 0.368 e. The Hall–Kier alpha value is -0.330. The molecule has 1 amide bonds. The SMILES string of the molecule is CC(=O)NCCN(CCCSC1CCCCO1)C(C)=S. The summed E-state index contributed by atoms with van der Waals surface area (Å²) in [4.78, 5) is 13.9. The standard InChI is InChI=1S/C14H26N2O2S2/c1-12(17)15-7-9-16(13(2)19)8-5-11-20-14-6-3-4-10-18-14/h14H,3-11H2,1-2H3,(H,15,17). The number of carbonyl (C=O) groups excluding carboxylic acids is 1. The van der Waals surface area contributed by atoms with Crippen LogP contribution in [0.3, 0.4) is 0 Å². The number of ether oxygens (including phenoxy) is 1. The van der Waals surface area contributed by atoms with Gasteiger partial charge in [-0.3, -0.25) is 4.79 Å². The van der Waals surface area contributed by atoms with E-state index < -0.39 is 0 Å². The summed E-state index contributed by atoms with van der Waals surface area (Å²) in [5.41, 5.74) is 0.394. The van der Waals surface area contributed by atoms with Gasteiger partial charge >= 0.3 is 0 Å². The van der Waals surface area contributed by atoms with Gasteiger partial charge in [-0.1, -0.05) is 12.2 Å². The minimum absolute atomic E-state index is 0.0111. The van der Waals surface area contributed by atoms with Gasteiger partial charge in [0.1, 0.15) is 5.44 Å². The molecule has 0 aromatic heterocycles. The number of thioether (sulfide) groups is 1. The highest BCUT2D eigenvalue weighted by atomic mass is 32.2. The first kappa shape index (κ1) is 17.7. The third-order valence-corrected chi connectivity index (χ3v) is 4.74. The third-order valence-electron chi connectivity index (χ3n) is 3.22. The molecule has 0 aromatic carbocycles. The zero-order valence-electron chi connectivity index (χ0n) is 12.5. The van der Waals surface area contributed by atoms with Crippen LogP contribution in [-0.2, 0) is 9.53 Å². The summed E-state index contributed by atoms with van der Waals surface area (Å²) in [6.07, 6.45) is 4.78. The van der Waals surface area contributed by atoms with Crippen LogP contribution in [-0.4, -0.2) is 53.2 Å². The second-order valence-electron chi connectivity index (χ2n) is 5.01. The third kappa shape index (κ3) is 8.07. The number of hydrogen-bond donors (Lipinski definition) is 1. The maximum absolute atomic E-state index is 10.9. The first-order valence-electron chi connectivity index (χ1n) is 7.32. The van der Waals surface area contributed by atoms with Gasteiger partial charge in [-0.2, -0.15) is 0 Å². The molecule has 0 aromatic rings. The van der Waals surface area contributed by atoms with Crippen LogP contribution in [0, 0.1) is 0 Å². The van der Waals surface area contributed by atoms with Crippen LogP contribution in [0.4, 0.5) is 0 Å². The van der Waals surface area contributed by atoms with E-state index in [1.54, 1.807) is 0 Å². The lowest BCUT2D eigenvalue weighted by molar-refractivity contribution is -0.118. The molecule has 0 saturated carbocycles. The zero-order chi connectivity index (χ0) is 14.8. The lowest BCUT2D eigenvalue weighted by atomic mass is 10.2. The highest BCUT2D eigenvalue weighted by Crippen LogP contribution is 2.23. The van der Waals surface area contributed by atoms with E-state index in [0.717, 1.165) is 36.9 Å². The summed E-state index contributed by atoms with van der Waals surface area (Å²) in [7, 11) is 0. The number of nitrogens with zero attached hydrogens (tertiary/aromatic N) is 1. The second kappa shape index (κ2) is 10.4. The van der Waals surface area contributed by atoms with Crippen molar-refractivity contribution in [2.24, 2.45) is 0 Å². The average molecular weight is 319 g/mol. The molecule has 0 radical (unpaired) electrons. The number of carbonyl (C=O) groups is 1. The Morgan fingerprint density at radius 1 is 1.40 bits per heavy atom. The number of rotatable bonds is 8. The van der Waals surface area contributed by atoms with E-state index in [1.165, 1.54) is 26.2 Å². The predicted molar refractivity (Wildman–Crippen MR) is 89.2 cm³/mol. The van der Waals surface area contributed by atoms with Crippen molar-refractivity contribution in [2.45, 2.75) is 45.0 Å². The van der Waals surface area contributed by atoms with Crippen molar-refractivity contribution >= 4 is 34.9 Å². The Balaban J connectivity index is 2.11. The molecule has 1 saturated heterocycles. The molecule has 1 aliphatic rings. The Kier molecular flexibility index (Phi) is 9.22. The molecule has 116 valence electrons. The topological polar surface area (TPSA) is 41.6 Å². The maximum atomic E-state index is 10.9. The van der Waals surface area contributed by atoms with Crippen LogP contribution in [0.5, 0.6) is 0 Å². The van der Waals surface area contributed by atoms with E-state index in [0.29, 0.717) is 12.0 Å². The fourth-order valence-electron chi connectivity index (χ4n) is 2.11. The molecule has 0 aliphatic carbocycles. The van der Waals surface area contributed by atoms with E-state index >= 15 is 0 Å². The predicted octanol–water partition coefficient (Wildman–Crippen LogP) is 2.42. The fourth-order valence-corrected chi connectivity index (χ4v) is 3.37. The maximum Gasteiger partial charge on any atom is 0.216 e. The van der Waals surface area contributed by atoms with Crippen molar-refractivity contribution in [2.75, 3.05) is 32.0 Å². The summed E-state index contributed by atoms with van der Waals surface area (Å²) in [5, 5.41) is 2.81. The van der Waals surface area contributed by atoms with E-state index in [2.05, 4.69) is 10.2 Å². The van der Waals surface area contributed by atoms with Crippen LogP contribution in [0.15, 0.2) is 0 Å². The van der Waals surface area contributed by atoms with E-state index in [4.69, 9.17) is 17.0 Å². The van der Waals surface area contributed by atoms with Gasteiger partial charge in [-0.05, 0) is 38.4 Å². The highest BCUT2D eigenvalue weighted by Gasteiger charge is 2.14. The van der Waals surface area contributed by atoms with Crippen molar-refractivity contribution in [1.82, 2.24) is 10.2 Å². The molecule has 4 nitrogen and oxygen atoms in total. The van der Waals surface area contributed by atoms with Gasteiger partial charge in [0.15, 0.2) is 0 Å². The number of amides is 1. The van der Waals surface area contributed by atoms with Crippen LogP contribution >= 0.6 is 24.0 Å². The smallest absolute Gasteiger partial charge is 0.216 e. The molecule has 0 spiro atoms. The lowest BCUT2D eigenvalue weighted by Crippen LogP contribution is -2.36. The first-order chi connectivity index (χ1) is 9.59. The summed E-state index contributed by atoms with van der Waals surface area (Å²) in [6.45, 7) is 6.80.